The van der Waals surface area contributed by atoms with Crippen LogP contribution in [0.2, 0.25) is 0 Å². The molecule has 60 valence electrons. The molecule has 0 bridgehead atoms. The van der Waals surface area contributed by atoms with Crippen LogP contribution in [0.5, 0.6) is 0 Å². The summed E-state index contributed by atoms with van der Waals surface area (Å²) in [5.74, 6) is 0.683. The van der Waals surface area contributed by atoms with Gasteiger partial charge in [0.05, 0.1) is 0 Å². The van der Waals surface area contributed by atoms with Crippen molar-refractivity contribution in [2.24, 2.45) is 0 Å². The number of nitrogens with zero attached hydrogens (tertiary/aromatic N) is 1. The van der Waals surface area contributed by atoms with Crippen molar-refractivity contribution in [1.82, 2.24) is 4.98 Å². The predicted octanol–water partition coefficient (Wildman–Crippen LogP) is 2.99. The van der Waals surface area contributed by atoms with Gasteiger partial charge in [0, 0.05) is 12.4 Å². The molecule has 1 unspecified atom stereocenters. The lowest BCUT2D eigenvalue weighted by Gasteiger charge is -2.08. The lowest BCUT2D eigenvalue weighted by atomic mass is 9.98. The fraction of sp³-hybridized carbons (Fsp3) is 0.500. The quantitative estimate of drug-likeness (QED) is 0.643. The first-order valence-electron chi connectivity index (χ1n) is 4.24. The predicted molar refractivity (Wildman–Crippen MR) is 47.6 cm³/mol. The molecule has 0 aromatic carbocycles. The van der Waals surface area contributed by atoms with Gasteiger partial charge >= 0.3 is 0 Å². The Hall–Kier alpha value is -0.850. The molecule has 1 heteroatoms. The van der Waals surface area contributed by atoms with E-state index in [1.807, 2.05) is 12.4 Å². The van der Waals surface area contributed by atoms with Crippen LogP contribution in [0.1, 0.15) is 38.2 Å². The Morgan fingerprint density at radius 2 is 2.00 bits per heavy atom. The third kappa shape index (κ3) is 2.34. The average Bonchev–Trinajstić information content (AvgIpc) is 2.07. The number of rotatable bonds is 3. The minimum absolute atomic E-state index is 0.683. The molecule has 0 saturated heterocycles. The Kier molecular flexibility index (Phi) is 3.09. The second-order valence-corrected chi connectivity index (χ2v) is 2.97. The number of pyridine rings is 1. The molecule has 0 saturated carbocycles. The van der Waals surface area contributed by atoms with Crippen molar-refractivity contribution >= 4 is 0 Å². The summed E-state index contributed by atoms with van der Waals surface area (Å²) in [5, 5.41) is 0. The zero-order chi connectivity index (χ0) is 8.10. The first kappa shape index (κ1) is 8.25. The summed E-state index contributed by atoms with van der Waals surface area (Å²) < 4.78 is 0. The first-order chi connectivity index (χ1) is 5.34. The minimum Gasteiger partial charge on any atom is -0.265 e. The van der Waals surface area contributed by atoms with Crippen LogP contribution in [0.25, 0.3) is 0 Å². The molecule has 1 rings (SSSR count). The Labute approximate surface area is 68.5 Å². The molecular formula is C10H15N. The zero-order valence-electron chi connectivity index (χ0n) is 7.25. The van der Waals surface area contributed by atoms with Crippen LogP contribution < -0.4 is 0 Å². The van der Waals surface area contributed by atoms with E-state index in [0.717, 1.165) is 0 Å². The molecule has 0 fully saturated rings. The molecule has 1 aromatic rings. The lowest BCUT2D eigenvalue weighted by Crippen LogP contribution is -1.91. The van der Waals surface area contributed by atoms with Gasteiger partial charge in [0.25, 0.3) is 0 Å². The Morgan fingerprint density at radius 3 is 2.55 bits per heavy atom. The normalized spacial score (nSPS) is 12.9. The van der Waals surface area contributed by atoms with E-state index in [-0.39, 0.29) is 0 Å². The molecule has 0 aliphatic rings. The van der Waals surface area contributed by atoms with Crippen molar-refractivity contribution in [1.29, 1.82) is 0 Å². The molecular weight excluding hydrogens is 134 g/mol. The molecule has 0 amide bonds. The molecule has 0 aliphatic carbocycles. The second kappa shape index (κ2) is 4.12. The van der Waals surface area contributed by atoms with Gasteiger partial charge in [-0.2, -0.15) is 0 Å². The van der Waals surface area contributed by atoms with Crippen molar-refractivity contribution < 1.29 is 0 Å². The van der Waals surface area contributed by atoms with E-state index >= 15 is 0 Å². The molecule has 1 heterocycles. The standard InChI is InChI=1S/C10H15N/c1-3-4-9(2)10-5-7-11-8-6-10/h5-9H,3-4H2,1-2H3. The summed E-state index contributed by atoms with van der Waals surface area (Å²) in [7, 11) is 0. The maximum Gasteiger partial charge on any atom is 0.0270 e. The molecule has 0 radical (unpaired) electrons. The summed E-state index contributed by atoms with van der Waals surface area (Å²) in [5.41, 5.74) is 1.40. The summed E-state index contributed by atoms with van der Waals surface area (Å²) in [4.78, 5) is 3.99. The highest BCUT2D eigenvalue weighted by Crippen LogP contribution is 2.18. The third-order valence-corrected chi connectivity index (χ3v) is 2.00. The molecule has 0 spiro atoms. The Morgan fingerprint density at radius 1 is 1.36 bits per heavy atom. The highest BCUT2D eigenvalue weighted by Gasteiger charge is 2.01. The monoisotopic (exact) mass is 149 g/mol. The van der Waals surface area contributed by atoms with E-state index in [1.165, 1.54) is 18.4 Å². The molecule has 0 N–H and O–H groups in total. The first-order valence-corrected chi connectivity index (χ1v) is 4.24. The Bertz CT molecular complexity index is 193. The van der Waals surface area contributed by atoms with E-state index < -0.39 is 0 Å². The average molecular weight is 149 g/mol. The SMILES string of the molecule is CCCC(C)c1ccncc1. The van der Waals surface area contributed by atoms with Gasteiger partial charge in [-0.05, 0) is 30.0 Å². The van der Waals surface area contributed by atoms with Gasteiger partial charge in [0.2, 0.25) is 0 Å². The van der Waals surface area contributed by atoms with Crippen LogP contribution in [-0.4, -0.2) is 4.98 Å². The van der Waals surface area contributed by atoms with E-state index in [9.17, 15) is 0 Å². The van der Waals surface area contributed by atoms with E-state index in [1.54, 1.807) is 0 Å². The van der Waals surface area contributed by atoms with Crippen LogP contribution in [-0.2, 0) is 0 Å². The highest BCUT2D eigenvalue weighted by molar-refractivity contribution is 5.14. The molecule has 1 aromatic heterocycles. The fourth-order valence-electron chi connectivity index (χ4n) is 1.29. The largest absolute Gasteiger partial charge is 0.265 e. The third-order valence-electron chi connectivity index (χ3n) is 2.00. The number of hydrogen-bond acceptors (Lipinski definition) is 1. The van der Waals surface area contributed by atoms with Crippen molar-refractivity contribution in [3.8, 4) is 0 Å². The summed E-state index contributed by atoms with van der Waals surface area (Å²) in [6, 6.07) is 4.20. The van der Waals surface area contributed by atoms with Gasteiger partial charge < -0.3 is 0 Å². The maximum atomic E-state index is 3.99. The number of hydrogen-bond donors (Lipinski definition) is 0. The van der Waals surface area contributed by atoms with Crippen molar-refractivity contribution in [3.05, 3.63) is 30.1 Å². The Balaban J connectivity index is 2.61. The summed E-state index contributed by atoms with van der Waals surface area (Å²) >= 11 is 0. The summed E-state index contributed by atoms with van der Waals surface area (Å²) in [6.45, 7) is 4.48. The lowest BCUT2D eigenvalue weighted by molar-refractivity contribution is 0.664. The topological polar surface area (TPSA) is 12.9 Å². The van der Waals surface area contributed by atoms with Gasteiger partial charge in [-0.1, -0.05) is 20.3 Å². The minimum atomic E-state index is 0.683. The van der Waals surface area contributed by atoms with E-state index in [2.05, 4.69) is 31.0 Å². The van der Waals surface area contributed by atoms with Crippen molar-refractivity contribution in [2.75, 3.05) is 0 Å². The van der Waals surface area contributed by atoms with Gasteiger partial charge in [0.1, 0.15) is 0 Å². The smallest absolute Gasteiger partial charge is 0.0270 e. The van der Waals surface area contributed by atoms with E-state index in [4.69, 9.17) is 0 Å². The highest BCUT2D eigenvalue weighted by atomic mass is 14.6. The van der Waals surface area contributed by atoms with Gasteiger partial charge in [0.15, 0.2) is 0 Å². The molecule has 11 heavy (non-hydrogen) atoms. The molecule has 1 atom stereocenters. The van der Waals surface area contributed by atoms with Gasteiger partial charge in [-0.15, -0.1) is 0 Å². The number of aromatic nitrogens is 1. The van der Waals surface area contributed by atoms with Gasteiger partial charge in [-0.25, -0.2) is 0 Å². The van der Waals surface area contributed by atoms with Crippen LogP contribution in [0, 0.1) is 0 Å². The molecule has 1 nitrogen and oxygen atoms in total. The van der Waals surface area contributed by atoms with Crippen LogP contribution in [0.4, 0.5) is 0 Å². The van der Waals surface area contributed by atoms with E-state index in [0.29, 0.717) is 5.92 Å². The second-order valence-electron chi connectivity index (χ2n) is 2.97. The van der Waals surface area contributed by atoms with Crippen molar-refractivity contribution in [2.45, 2.75) is 32.6 Å². The van der Waals surface area contributed by atoms with Crippen LogP contribution in [0.15, 0.2) is 24.5 Å². The fourth-order valence-corrected chi connectivity index (χ4v) is 1.29. The van der Waals surface area contributed by atoms with Crippen LogP contribution in [0.3, 0.4) is 0 Å². The maximum absolute atomic E-state index is 3.99. The van der Waals surface area contributed by atoms with Crippen molar-refractivity contribution in [3.63, 3.8) is 0 Å². The zero-order valence-corrected chi connectivity index (χ0v) is 7.25. The van der Waals surface area contributed by atoms with Gasteiger partial charge in [-0.3, -0.25) is 4.98 Å². The molecule has 0 aliphatic heterocycles. The summed E-state index contributed by atoms with van der Waals surface area (Å²) in [6.07, 6.45) is 6.25. The van der Waals surface area contributed by atoms with Crippen LogP contribution >= 0.6 is 0 Å².